The molecule has 0 spiro atoms. The molecule has 0 aromatic carbocycles. The van der Waals surface area contributed by atoms with Crippen LogP contribution < -0.4 is 0 Å². The van der Waals surface area contributed by atoms with Gasteiger partial charge in [0.15, 0.2) is 5.22 Å². The van der Waals surface area contributed by atoms with Gasteiger partial charge in [-0.2, -0.15) is 0 Å². The summed E-state index contributed by atoms with van der Waals surface area (Å²) in [7, 11) is 0. The monoisotopic (exact) mass is 224 g/mol. The van der Waals surface area contributed by atoms with Crippen LogP contribution in [-0.2, 0) is 0 Å². The Kier molecular flexibility index (Phi) is 8.79. The van der Waals surface area contributed by atoms with Gasteiger partial charge in [-0.15, -0.1) is 0 Å². The van der Waals surface area contributed by atoms with Gasteiger partial charge in [0.05, 0.1) is 5.03 Å². The van der Waals surface area contributed by atoms with Gasteiger partial charge in [-0.05, 0) is 24.4 Å². The van der Waals surface area contributed by atoms with E-state index in [9.17, 15) is 0 Å². The largest absolute Gasteiger partial charge is 0.498 e. The van der Waals surface area contributed by atoms with Crippen LogP contribution in [0.5, 0.6) is 0 Å². The second-order valence-corrected chi connectivity index (χ2v) is 4.03. The predicted octanol–water partition coefficient (Wildman–Crippen LogP) is 4.94. The first kappa shape index (κ1) is 13.1. The fourth-order valence-corrected chi connectivity index (χ4v) is 1.39. The third-order valence-electron chi connectivity index (χ3n) is 1.97. The van der Waals surface area contributed by atoms with Crippen molar-refractivity contribution in [2.24, 2.45) is 0 Å². The lowest BCUT2D eigenvalue weighted by atomic mass is 10.1. The van der Waals surface area contributed by atoms with E-state index in [0.29, 0.717) is 11.5 Å². The summed E-state index contributed by atoms with van der Waals surface area (Å²) in [4.78, 5) is 0. The van der Waals surface area contributed by atoms with Crippen LogP contribution in [-0.4, -0.2) is 5.11 Å². The van der Waals surface area contributed by atoms with Crippen LogP contribution in [0.25, 0.3) is 0 Å². The summed E-state index contributed by atoms with van der Waals surface area (Å²) in [6.45, 7) is 2.20. The quantitative estimate of drug-likeness (QED) is 0.480. The lowest BCUT2D eigenvalue weighted by Crippen LogP contribution is -1.81. The van der Waals surface area contributed by atoms with Gasteiger partial charge in [0.25, 0.3) is 0 Å². The van der Waals surface area contributed by atoms with Crippen molar-refractivity contribution in [3.8, 4) is 0 Å². The molecule has 0 aliphatic heterocycles. The highest BCUT2D eigenvalue weighted by Crippen LogP contribution is 2.18. The second-order valence-electron chi connectivity index (χ2n) is 3.21. The van der Waals surface area contributed by atoms with Crippen LogP contribution >= 0.6 is 23.2 Å². The number of allylic oxidation sites excluding steroid dienone is 1. The first-order valence-electron chi connectivity index (χ1n) is 4.91. The number of halogens is 2. The molecule has 0 bridgehead atoms. The molecule has 0 aliphatic carbocycles. The zero-order chi connectivity index (χ0) is 10.1. The van der Waals surface area contributed by atoms with E-state index in [0.717, 1.165) is 6.42 Å². The van der Waals surface area contributed by atoms with Gasteiger partial charge in [0.2, 0.25) is 0 Å². The Morgan fingerprint density at radius 2 is 1.54 bits per heavy atom. The molecule has 0 rings (SSSR count). The predicted molar refractivity (Wildman–Crippen MR) is 59.4 cm³/mol. The maximum atomic E-state index is 8.77. The van der Waals surface area contributed by atoms with E-state index >= 15 is 0 Å². The third kappa shape index (κ3) is 8.45. The van der Waals surface area contributed by atoms with Crippen LogP contribution in [0.2, 0.25) is 0 Å². The molecule has 78 valence electrons. The van der Waals surface area contributed by atoms with Crippen molar-refractivity contribution in [3.63, 3.8) is 0 Å². The van der Waals surface area contributed by atoms with E-state index in [4.69, 9.17) is 28.3 Å². The number of unbranched alkanes of at least 4 members (excludes halogenated alkanes) is 5. The maximum Gasteiger partial charge on any atom is 0.199 e. The zero-order valence-electron chi connectivity index (χ0n) is 8.15. The lowest BCUT2D eigenvalue weighted by molar-refractivity contribution is 0.446. The van der Waals surface area contributed by atoms with Crippen LogP contribution in [0.4, 0.5) is 0 Å². The molecule has 0 saturated carbocycles. The average Bonchev–Trinajstić information content (AvgIpc) is 2.10. The Labute approximate surface area is 90.7 Å². The normalized spacial score (nSPS) is 12.8. The van der Waals surface area contributed by atoms with Crippen molar-refractivity contribution >= 4 is 23.2 Å². The van der Waals surface area contributed by atoms with Gasteiger partial charge < -0.3 is 5.11 Å². The molecule has 0 atom stereocenters. The number of aliphatic hydroxyl groups is 1. The molecule has 0 aliphatic rings. The highest BCUT2D eigenvalue weighted by atomic mass is 35.5. The molecule has 0 amide bonds. The summed E-state index contributed by atoms with van der Waals surface area (Å²) in [6.07, 6.45) is 8.00. The fraction of sp³-hybridized carbons (Fsp3) is 0.800. The van der Waals surface area contributed by atoms with Crippen molar-refractivity contribution in [2.75, 3.05) is 0 Å². The number of hydrogen-bond donors (Lipinski definition) is 1. The molecule has 0 radical (unpaired) electrons. The van der Waals surface area contributed by atoms with Crippen LogP contribution in [0, 0.1) is 0 Å². The number of rotatable bonds is 7. The smallest absolute Gasteiger partial charge is 0.199 e. The van der Waals surface area contributed by atoms with Gasteiger partial charge in [0.1, 0.15) is 0 Å². The molecular weight excluding hydrogens is 207 g/mol. The standard InChI is InChI=1S/C10H18Cl2O/c1-2-3-4-5-6-7-8-9(11)10(12)13/h13H,2-8H2,1H3. The topological polar surface area (TPSA) is 20.2 Å². The van der Waals surface area contributed by atoms with Gasteiger partial charge >= 0.3 is 0 Å². The minimum atomic E-state index is -0.254. The molecule has 13 heavy (non-hydrogen) atoms. The molecule has 3 heteroatoms. The Hall–Kier alpha value is 0.120. The first-order chi connectivity index (χ1) is 6.18. The molecular formula is C10H18Cl2O. The van der Waals surface area contributed by atoms with E-state index in [2.05, 4.69) is 6.92 Å². The third-order valence-corrected chi connectivity index (χ3v) is 2.67. The van der Waals surface area contributed by atoms with E-state index in [1.54, 1.807) is 0 Å². The number of aliphatic hydroxyl groups excluding tert-OH is 1. The summed E-state index contributed by atoms with van der Waals surface area (Å²) >= 11 is 10.9. The van der Waals surface area contributed by atoms with Crippen LogP contribution in [0.1, 0.15) is 51.9 Å². The second kappa shape index (κ2) is 8.71. The molecule has 0 aromatic rings. The van der Waals surface area contributed by atoms with Gasteiger partial charge in [-0.1, -0.05) is 50.6 Å². The van der Waals surface area contributed by atoms with Crippen molar-refractivity contribution in [1.29, 1.82) is 0 Å². The summed E-state index contributed by atoms with van der Waals surface area (Å²) < 4.78 is 0. The van der Waals surface area contributed by atoms with E-state index in [1.807, 2.05) is 0 Å². The van der Waals surface area contributed by atoms with Gasteiger partial charge in [-0.25, -0.2) is 0 Å². The van der Waals surface area contributed by atoms with Crippen molar-refractivity contribution in [3.05, 3.63) is 10.3 Å². The van der Waals surface area contributed by atoms with Crippen LogP contribution in [0.3, 0.4) is 0 Å². The van der Waals surface area contributed by atoms with Crippen molar-refractivity contribution < 1.29 is 5.11 Å². The molecule has 0 aromatic heterocycles. The summed E-state index contributed by atoms with van der Waals surface area (Å²) in [6, 6.07) is 0. The van der Waals surface area contributed by atoms with Crippen molar-refractivity contribution in [2.45, 2.75) is 51.9 Å². The first-order valence-corrected chi connectivity index (χ1v) is 5.67. The Morgan fingerprint density at radius 1 is 1.00 bits per heavy atom. The molecule has 0 fully saturated rings. The molecule has 0 saturated heterocycles. The Balaban J connectivity index is 3.22. The van der Waals surface area contributed by atoms with Crippen LogP contribution in [0.15, 0.2) is 10.3 Å². The van der Waals surface area contributed by atoms with E-state index in [-0.39, 0.29) is 5.22 Å². The molecule has 1 nitrogen and oxygen atoms in total. The molecule has 0 heterocycles. The highest BCUT2D eigenvalue weighted by molar-refractivity contribution is 6.38. The lowest BCUT2D eigenvalue weighted by Gasteiger charge is -2.00. The Bertz CT molecular complexity index is 151. The average molecular weight is 225 g/mol. The minimum absolute atomic E-state index is 0.254. The molecule has 1 N–H and O–H groups in total. The minimum Gasteiger partial charge on any atom is -0.498 e. The van der Waals surface area contributed by atoms with Gasteiger partial charge in [-0.3, -0.25) is 0 Å². The number of hydrogen-bond acceptors (Lipinski definition) is 1. The summed E-state index contributed by atoms with van der Waals surface area (Å²) in [5.74, 6) is 0. The molecule has 0 unspecified atom stereocenters. The van der Waals surface area contributed by atoms with Crippen molar-refractivity contribution in [1.82, 2.24) is 0 Å². The zero-order valence-corrected chi connectivity index (χ0v) is 9.66. The van der Waals surface area contributed by atoms with E-state index < -0.39 is 0 Å². The Morgan fingerprint density at radius 3 is 2.08 bits per heavy atom. The maximum absolute atomic E-state index is 8.77. The SMILES string of the molecule is CCCCCCCCC(Cl)=C(O)Cl. The summed E-state index contributed by atoms with van der Waals surface area (Å²) in [5.41, 5.74) is 0. The van der Waals surface area contributed by atoms with Gasteiger partial charge in [0, 0.05) is 0 Å². The fourth-order valence-electron chi connectivity index (χ4n) is 1.16. The summed E-state index contributed by atoms with van der Waals surface area (Å²) in [5, 5.41) is 8.91. The van der Waals surface area contributed by atoms with E-state index in [1.165, 1.54) is 32.1 Å². The highest BCUT2D eigenvalue weighted by Gasteiger charge is 1.99.